The van der Waals surface area contributed by atoms with Crippen molar-refractivity contribution in [2.75, 3.05) is 7.11 Å². The van der Waals surface area contributed by atoms with Gasteiger partial charge in [-0.15, -0.1) is 0 Å². The van der Waals surface area contributed by atoms with Gasteiger partial charge in [-0.1, -0.05) is 82.0 Å². The minimum absolute atomic E-state index is 0.509. The monoisotopic (exact) mass is 260 g/mol. The van der Waals surface area contributed by atoms with E-state index >= 15 is 0 Å². The maximum Gasteiger partial charge on any atom is 0.0319 e. The van der Waals surface area contributed by atoms with E-state index in [1.807, 2.05) is 39.0 Å². The van der Waals surface area contributed by atoms with Crippen LogP contribution in [0.25, 0.3) is 0 Å². The molecule has 1 heteroatoms. The van der Waals surface area contributed by atoms with Crippen LogP contribution in [0.1, 0.15) is 27.7 Å². The van der Waals surface area contributed by atoms with Crippen molar-refractivity contribution in [3.05, 3.63) is 72.4 Å². The molecule has 1 N–H and O–H groups in total. The Morgan fingerprint density at radius 1 is 1.26 bits per heavy atom. The lowest BCUT2D eigenvalue weighted by Crippen LogP contribution is -1.83. The lowest BCUT2D eigenvalue weighted by molar-refractivity contribution is 0.399. The van der Waals surface area contributed by atoms with E-state index in [1.165, 1.54) is 11.1 Å². The van der Waals surface area contributed by atoms with Crippen molar-refractivity contribution < 1.29 is 5.11 Å². The Morgan fingerprint density at radius 3 is 2.42 bits per heavy atom. The topological polar surface area (TPSA) is 20.2 Å². The summed E-state index contributed by atoms with van der Waals surface area (Å²) in [5.41, 5.74) is 2.43. The van der Waals surface area contributed by atoms with E-state index in [-0.39, 0.29) is 0 Å². The Kier molecular flexibility index (Phi) is 15.0. The van der Waals surface area contributed by atoms with Crippen LogP contribution < -0.4 is 0 Å². The minimum atomic E-state index is 0.509. The van der Waals surface area contributed by atoms with Crippen LogP contribution in [0.15, 0.2) is 72.4 Å². The molecule has 0 aromatic carbocycles. The predicted molar refractivity (Wildman–Crippen MR) is 88.1 cm³/mol. The van der Waals surface area contributed by atoms with Crippen LogP contribution >= 0.6 is 0 Å². The van der Waals surface area contributed by atoms with Crippen molar-refractivity contribution in [3.8, 4) is 0 Å². The van der Waals surface area contributed by atoms with E-state index in [4.69, 9.17) is 5.11 Å². The molecule has 0 aromatic heterocycles. The summed E-state index contributed by atoms with van der Waals surface area (Å²) < 4.78 is 0. The first-order valence-corrected chi connectivity index (χ1v) is 6.75. The van der Waals surface area contributed by atoms with Crippen LogP contribution in [0.3, 0.4) is 0 Å². The summed E-state index contributed by atoms with van der Waals surface area (Å²) >= 11 is 0. The molecule has 0 radical (unpaired) electrons. The Morgan fingerprint density at radius 2 is 1.89 bits per heavy atom. The molecule has 1 nitrogen and oxygen atoms in total. The van der Waals surface area contributed by atoms with Crippen molar-refractivity contribution in [1.82, 2.24) is 0 Å². The van der Waals surface area contributed by atoms with Gasteiger partial charge in [0.2, 0.25) is 0 Å². The molecule has 19 heavy (non-hydrogen) atoms. The van der Waals surface area contributed by atoms with Gasteiger partial charge in [-0.25, -0.2) is 0 Å². The number of hydrogen-bond donors (Lipinski definition) is 1. The second-order valence-electron chi connectivity index (χ2n) is 3.58. The van der Waals surface area contributed by atoms with Gasteiger partial charge < -0.3 is 5.11 Å². The molecule has 0 amide bonds. The number of rotatable bonds is 3. The Hall–Kier alpha value is -1.60. The fraction of sp³-hybridized carbons (Fsp3) is 0.333. The molecule has 1 unspecified atom stereocenters. The van der Waals surface area contributed by atoms with E-state index in [0.717, 1.165) is 7.11 Å². The molecular formula is C18H28O. The fourth-order valence-electron chi connectivity index (χ4n) is 1.46. The molecule has 0 saturated heterocycles. The fourth-order valence-corrected chi connectivity index (χ4v) is 1.46. The molecule has 1 rings (SSSR count). The molecular weight excluding hydrogens is 232 g/mol. The minimum Gasteiger partial charge on any atom is -0.400 e. The van der Waals surface area contributed by atoms with Gasteiger partial charge in [0.05, 0.1) is 0 Å². The molecule has 0 bridgehead atoms. The summed E-state index contributed by atoms with van der Waals surface area (Å²) in [7, 11) is 1.00. The molecule has 0 fully saturated rings. The highest BCUT2D eigenvalue weighted by Crippen LogP contribution is 2.18. The zero-order valence-electron chi connectivity index (χ0n) is 12.9. The Labute approximate surface area is 119 Å². The SMILES string of the molecule is C=C/C=C(\C=C/C)C1=CC=CC(C)C=C1.CC.CO. The third kappa shape index (κ3) is 9.04. The summed E-state index contributed by atoms with van der Waals surface area (Å²) in [6.45, 7) is 11.9. The third-order valence-electron chi connectivity index (χ3n) is 2.25. The zero-order chi connectivity index (χ0) is 15.1. The highest BCUT2D eigenvalue weighted by Gasteiger charge is 2.00. The maximum absolute atomic E-state index is 7.00. The molecule has 0 aromatic rings. The zero-order valence-corrected chi connectivity index (χ0v) is 12.9. The summed E-state index contributed by atoms with van der Waals surface area (Å²) in [4.78, 5) is 0. The highest BCUT2D eigenvalue weighted by molar-refractivity contribution is 5.50. The first kappa shape index (κ1) is 19.7. The van der Waals surface area contributed by atoms with Crippen molar-refractivity contribution >= 4 is 0 Å². The van der Waals surface area contributed by atoms with Crippen molar-refractivity contribution in [1.29, 1.82) is 0 Å². The van der Waals surface area contributed by atoms with Crippen molar-refractivity contribution in [2.45, 2.75) is 27.7 Å². The largest absolute Gasteiger partial charge is 0.400 e. The second-order valence-corrected chi connectivity index (χ2v) is 3.58. The quantitative estimate of drug-likeness (QED) is 0.708. The van der Waals surface area contributed by atoms with Crippen LogP contribution in [0, 0.1) is 5.92 Å². The summed E-state index contributed by atoms with van der Waals surface area (Å²) in [6, 6.07) is 0. The maximum atomic E-state index is 7.00. The molecule has 1 aliphatic carbocycles. The lowest BCUT2D eigenvalue weighted by Gasteiger charge is -2.01. The Bertz CT molecular complexity index is 365. The van der Waals surface area contributed by atoms with Crippen LogP contribution in [-0.2, 0) is 0 Å². The molecule has 0 spiro atoms. The first-order valence-electron chi connectivity index (χ1n) is 6.75. The summed E-state index contributed by atoms with van der Waals surface area (Å²) in [6.07, 6.45) is 18.8. The van der Waals surface area contributed by atoms with Crippen molar-refractivity contribution in [2.24, 2.45) is 5.92 Å². The van der Waals surface area contributed by atoms with Crippen LogP contribution in [0.5, 0.6) is 0 Å². The lowest BCUT2D eigenvalue weighted by atomic mass is 10.0. The van der Waals surface area contributed by atoms with Gasteiger partial charge in [0.1, 0.15) is 0 Å². The predicted octanol–water partition coefficient (Wildman–Crippen LogP) is 5.00. The molecule has 0 saturated carbocycles. The average molecular weight is 260 g/mol. The van der Waals surface area contributed by atoms with Crippen LogP contribution in [0.4, 0.5) is 0 Å². The molecule has 1 atom stereocenters. The van der Waals surface area contributed by atoms with Crippen LogP contribution in [0.2, 0.25) is 0 Å². The Balaban J connectivity index is 0. The normalized spacial score (nSPS) is 17.7. The van der Waals surface area contributed by atoms with E-state index in [1.54, 1.807) is 0 Å². The number of aliphatic hydroxyl groups excluding tert-OH is 1. The van der Waals surface area contributed by atoms with Gasteiger partial charge in [-0.2, -0.15) is 0 Å². The van der Waals surface area contributed by atoms with Gasteiger partial charge in [-0.05, 0) is 24.0 Å². The molecule has 0 aliphatic heterocycles. The summed E-state index contributed by atoms with van der Waals surface area (Å²) in [5.74, 6) is 0.509. The standard InChI is InChI=1S/C15H18.C2H6.CH4O/c1-4-7-14(8-5-2)15-10-6-9-13(3)11-12-15;2*1-2/h4-13H,1H2,2-3H3;1-2H3;2H,1H3/b8-5-,14-7+;;. The molecule has 1 aliphatic rings. The van der Waals surface area contributed by atoms with Crippen LogP contribution in [-0.4, -0.2) is 12.2 Å². The van der Waals surface area contributed by atoms with Gasteiger partial charge in [0.15, 0.2) is 0 Å². The summed E-state index contributed by atoms with van der Waals surface area (Å²) in [5, 5.41) is 7.00. The number of allylic oxidation sites excluding steroid dienone is 11. The van der Waals surface area contributed by atoms with E-state index in [2.05, 4.69) is 50.0 Å². The number of hydrogen-bond acceptors (Lipinski definition) is 1. The van der Waals surface area contributed by atoms with E-state index in [0.29, 0.717) is 5.92 Å². The van der Waals surface area contributed by atoms with E-state index in [9.17, 15) is 0 Å². The average Bonchev–Trinajstić information content (AvgIpc) is 2.68. The van der Waals surface area contributed by atoms with Gasteiger partial charge >= 0.3 is 0 Å². The van der Waals surface area contributed by atoms with Gasteiger partial charge in [0.25, 0.3) is 0 Å². The van der Waals surface area contributed by atoms with Gasteiger partial charge in [0, 0.05) is 7.11 Å². The van der Waals surface area contributed by atoms with Gasteiger partial charge in [-0.3, -0.25) is 0 Å². The third-order valence-corrected chi connectivity index (χ3v) is 2.25. The first-order chi connectivity index (χ1) is 9.27. The molecule has 0 heterocycles. The number of aliphatic hydroxyl groups is 1. The smallest absolute Gasteiger partial charge is 0.0319 e. The van der Waals surface area contributed by atoms with E-state index < -0.39 is 0 Å². The highest BCUT2D eigenvalue weighted by atomic mass is 16.2. The van der Waals surface area contributed by atoms with Crippen molar-refractivity contribution in [3.63, 3.8) is 0 Å². The molecule has 106 valence electrons. The second kappa shape index (κ2) is 14.5.